The molecular weight excluding hydrogens is 264 g/mol. The molecule has 1 fully saturated rings. The maximum Gasteiger partial charge on any atom is 0.0933 e. The highest BCUT2D eigenvalue weighted by molar-refractivity contribution is 4.87. The van der Waals surface area contributed by atoms with E-state index in [2.05, 4.69) is 51.8 Å². The van der Waals surface area contributed by atoms with Gasteiger partial charge in [-0.1, -0.05) is 20.3 Å². The molecule has 0 spiro atoms. The minimum atomic E-state index is -0.0253. The summed E-state index contributed by atoms with van der Waals surface area (Å²) in [6, 6.07) is 0.429. The van der Waals surface area contributed by atoms with Gasteiger partial charge in [0.25, 0.3) is 0 Å². The highest BCUT2D eigenvalue weighted by Gasteiger charge is 2.33. The Hall–Kier alpha value is -0.160. The fraction of sp³-hybridized carbons (Fsp3) is 1.00. The van der Waals surface area contributed by atoms with Crippen molar-refractivity contribution in [1.82, 2.24) is 10.2 Å². The van der Waals surface area contributed by atoms with Crippen LogP contribution < -0.4 is 5.32 Å². The summed E-state index contributed by atoms with van der Waals surface area (Å²) < 4.78 is 5.65. The molecule has 1 rings (SSSR count). The van der Waals surface area contributed by atoms with Crippen molar-refractivity contribution in [2.45, 2.75) is 72.1 Å². The molecule has 4 heteroatoms. The van der Waals surface area contributed by atoms with Crippen molar-refractivity contribution in [2.24, 2.45) is 5.41 Å². The van der Waals surface area contributed by atoms with E-state index in [0.29, 0.717) is 6.04 Å². The third-order valence-corrected chi connectivity index (χ3v) is 4.32. The summed E-state index contributed by atoms with van der Waals surface area (Å²) in [4.78, 5) is 2.49. The van der Waals surface area contributed by atoms with Gasteiger partial charge in [0, 0.05) is 31.2 Å². The molecule has 1 heterocycles. The van der Waals surface area contributed by atoms with Gasteiger partial charge in [0.2, 0.25) is 0 Å². The number of nitrogens with one attached hydrogen (secondary N) is 1. The van der Waals surface area contributed by atoms with Crippen molar-refractivity contribution < 1.29 is 9.84 Å². The molecule has 1 aliphatic rings. The topological polar surface area (TPSA) is 44.7 Å². The van der Waals surface area contributed by atoms with Crippen LogP contribution in [0.3, 0.4) is 0 Å². The summed E-state index contributed by atoms with van der Waals surface area (Å²) in [5, 5.41) is 13.0. The highest BCUT2D eigenvalue weighted by Crippen LogP contribution is 2.27. The van der Waals surface area contributed by atoms with Crippen LogP contribution in [0.2, 0.25) is 0 Å². The van der Waals surface area contributed by atoms with Crippen LogP contribution in [0, 0.1) is 5.41 Å². The summed E-state index contributed by atoms with van der Waals surface area (Å²) in [7, 11) is 0. The van der Waals surface area contributed by atoms with Crippen LogP contribution in [0.25, 0.3) is 0 Å². The van der Waals surface area contributed by atoms with Crippen LogP contribution in [0.15, 0.2) is 0 Å². The van der Waals surface area contributed by atoms with Crippen LogP contribution in [-0.4, -0.2) is 60.5 Å². The number of rotatable bonds is 7. The molecule has 1 aliphatic heterocycles. The highest BCUT2D eigenvalue weighted by atomic mass is 16.5. The van der Waals surface area contributed by atoms with Crippen molar-refractivity contribution in [3.63, 3.8) is 0 Å². The Labute approximate surface area is 131 Å². The molecule has 0 aromatic carbocycles. The number of ether oxygens (including phenoxy) is 1. The molecule has 21 heavy (non-hydrogen) atoms. The van der Waals surface area contributed by atoms with E-state index in [1.807, 2.05) is 0 Å². The smallest absolute Gasteiger partial charge is 0.0933 e. The average Bonchev–Trinajstić information content (AvgIpc) is 2.39. The Morgan fingerprint density at radius 1 is 1.29 bits per heavy atom. The fourth-order valence-electron chi connectivity index (χ4n) is 3.00. The standard InChI is InChI=1S/C17H36N2O2/c1-7-8-17(6,12-18-16(3,4)5)13-19-9-15(10-20)21-11-14(19)2/h14-15,18,20H,7-13H2,1-6H3. The van der Waals surface area contributed by atoms with Gasteiger partial charge in [-0.3, -0.25) is 4.90 Å². The van der Waals surface area contributed by atoms with Gasteiger partial charge in [-0.2, -0.15) is 0 Å². The summed E-state index contributed by atoms with van der Waals surface area (Å²) in [6.07, 6.45) is 2.39. The molecule has 3 unspecified atom stereocenters. The van der Waals surface area contributed by atoms with Crippen molar-refractivity contribution >= 4 is 0 Å². The average molecular weight is 300 g/mol. The predicted octanol–water partition coefficient (Wildman–Crippen LogP) is 2.26. The van der Waals surface area contributed by atoms with Crippen LogP contribution >= 0.6 is 0 Å². The monoisotopic (exact) mass is 300 g/mol. The van der Waals surface area contributed by atoms with Gasteiger partial charge in [-0.05, 0) is 39.5 Å². The lowest BCUT2D eigenvalue weighted by Gasteiger charge is -2.43. The van der Waals surface area contributed by atoms with Crippen LogP contribution in [-0.2, 0) is 4.74 Å². The number of nitrogens with zero attached hydrogens (tertiary/aromatic N) is 1. The molecule has 3 atom stereocenters. The van der Waals surface area contributed by atoms with E-state index in [0.717, 1.165) is 26.2 Å². The van der Waals surface area contributed by atoms with Crippen molar-refractivity contribution in [3.8, 4) is 0 Å². The predicted molar refractivity (Wildman–Crippen MR) is 88.6 cm³/mol. The van der Waals surface area contributed by atoms with Gasteiger partial charge >= 0.3 is 0 Å². The molecule has 1 saturated heterocycles. The van der Waals surface area contributed by atoms with Crippen molar-refractivity contribution in [3.05, 3.63) is 0 Å². The first kappa shape index (κ1) is 18.9. The first-order chi connectivity index (χ1) is 9.69. The maximum absolute atomic E-state index is 9.34. The van der Waals surface area contributed by atoms with Crippen LogP contribution in [0.5, 0.6) is 0 Å². The summed E-state index contributed by atoms with van der Waals surface area (Å²) >= 11 is 0. The number of aliphatic hydroxyl groups is 1. The zero-order chi connectivity index (χ0) is 16.1. The van der Waals surface area contributed by atoms with E-state index in [1.54, 1.807) is 0 Å². The molecular formula is C17H36N2O2. The number of hydrogen-bond donors (Lipinski definition) is 2. The Bertz CT molecular complexity index is 304. The molecule has 0 amide bonds. The van der Waals surface area contributed by atoms with Crippen LogP contribution in [0.4, 0.5) is 0 Å². The quantitative estimate of drug-likeness (QED) is 0.757. The lowest BCUT2D eigenvalue weighted by Crippen LogP contribution is -2.55. The van der Waals surface area contributed by atoms with Crippen molar-refractivity contribution in [1.29, 1.82) is 0 Å². The Morgan fingerprint density at radius 3 is 2.48 bits per heavy atom. The van der Waals surface area contributed by atoms with Gasteiger partial charge in [-0.25, -0.2) is 0 Å². The van der Waals surface area contributed by atoms with Crippen molar-refractivity contribution in [2.75, 3.05) is 32.8 Å². The van der Waals surface area contributed by atoms with Gasteiger partial charge in [0.1, 0.15) is 0 Å². The molecule has 0 aromatic heterocycles. The van der Waals surface area contributed by atoms with E-state index in [-0.39, 0.29) is 23.7 Å². The van der Waals surface area contributed by atoms with Crippen LogP contribution in [0.1, 0.15) is 54.4 Å². The maximum atomic E-state index is 9.34. The number of hydrogen-bond acceptors (Lipinski definition) is 4. The summed E-state index contributed by atoms with van der Waals surface area (Å²) in [6.45, 7) is 17.3. The number of aliphatic hydroxyl groups excluding tert-OH is 1. The van der Waals surface area contributed by atoms with E-state index in [4.69, 9.17) is 4.74 Å². The SMILES string of the molecule is CCCC(C)(CNC(C)(C)C)CN1CC(CO)OCC1C. The second kappa shape index (κ2) is 7.91. The Balaban J connectivity index is 2.66. The van der Waals surface area contributed by atoms with E-state index >= 15 is 0 Å². The van der Waals surface area contributed by atoms with Gasteiger partial charge in [-0.15, -0.1) is 0 Å². The number of morpholine rings is 1. The second-order valence-electron chi connectivity index (χ2n) is 8.08. The molecule has 0 radical (unpaired) electrons. The fourth-order valence-corrected chi connectivity index (χ4v) is 3.00. The first-order valence-corrected chi connectivity index (χ1v) is 8.40. The molecule has 0 saturated carbocycles. The zero-order valence-electron chi connectivity index (χ0n) is 14.9. The molecule has 126 valence electrons. The normalized spacial score (nSPS) is 27.6. The van der Waals surface area contributed by atoms with E-state index in [9.17, 15) is 5.11 Å². The molecule has 0 aromatic rings. The Morgan fingerprint density at radius 2 is 1.95 bits per heavy atom. The molecule has 4 nitrogen and oxygen atoms in total. The third-order valence-electron chi connectivity index (χ3n) is 4.32. The lowest BCUT2D eigenvalue weighted by molar-refractivity contribution is -0.0877. The first-order valence-electron chi connectivity index (χ1n) is 8.40. The molecule has 0 aliphatic carbocycles. The molecule has 0 bridgehead atoms. The third kappa shape index (κ3) is 6.64. The van der Waals surface area contributed by atoms with Gasteiger partial charge < -0.3 is 15.2 Å². The van der Waals surface area contributed by atoms with Gasteiger partial charge in [0.05, 0.1) is 19.3 Å². The minimum Gasteiger partial charge on any atom is -0.394 e. The largest absolute Gasteiger partial charge is 0.394 e. The Kier molecular flexibility index (Phi) is 7.11. The molecule has 2 N–H and O–H groups in total. The van der Waals surface area contributed by atoms with Gasteiger partial charge in [0.15, 0.2) is 0 Å². The van der Waals surface area contributed by atoms with E-state index < -0.39 is 0 Å². The lowest BCUT2D eigenvalue weighted by atomic mass is 9.83. The minimum absolute atomic E-state index is 0.0253. The zero-order valence-corrected chi connectivity index (χ0v) is 14.9. The second-order valence-corrected chi connectivity index (χ2v) is 8.08. The van der Waals surface area contributed by atoms with E-state index in [1.165, 1.54) is 12.8 Å². The summed E-state index contributed by atoms with van der Waals surface area (Å²) in [5.41, 5.74) is 0.410. The summed E-state index contributed by atoms with van der Waals surface area (Å²) in [5.74, 6) is 0.